The molecule has 0 bridgehead atoms. The lowest BCUT2D eigenvalue weighted by molar-refractivity contribution is -0.129. The Balaban J connectivity index is 2.22. The van der Waals surface area contributed by atoms with Crippen molar-refractivity contribution in [1.82, 2.24) is 5.32 Å². The number of hydrogen-bond donors (Lipinski definition) is 1. The summed E-state index contributed by atoms with van der Waals surface area (Å²) in [5.74, 6) is 0.203. The lowest BCUT2D eigenvalue weighted by Gasteiger charge is -2.21. The molecular formula is C14H25NO2Si. The quantitative estimate of drug-likeness (QED) is 0.594. The van der Waals surface area contributed by atoms with E-state index in [1.54, 1.807) is 0 Å². The number of amides is 1. The van der Waals surface area contributed by atoms with Gasteiger partial charge >= 0.3 is 0 Å². The standard InChI is InChI=1S/C14H25NO2Si/c1-18(2,3)11-6-4-5-9-13(16)12-8-7-10-14(17)15-12/h4,6,12H,5,7-11H2,1-3H3,(H,15,17)/t12-/m0/s1. The third-order valence-electron chi connectivity index (χ3n) is 3.07. The molecule has 3 nitrogen and oxygen atoms in total. The Kier molecular flexibility index (Phi) is 5.79. The smallest absolute Gasteiger partial charge is 0.220 e. The van der Waals surface area contributed by atoms with Gasteiger partial charge in [-0.15, -0.1) is 0 Å². The van der Waals surface area contributed by atoms with Crippen LogP contribution < -0.4 is 5.32 Å². The first-order valence-corrected chi connectivity index (χ1v) is 10.6. The summed E-state index contributed by atoms with van der Waals surface area (Å²) < 4.78 is 0. The lowest BCUT2D eigenvalue weighted by atomic mass is 9.98. The first-order valence-electron chi connectivity index (χ1n) is 6.85. The minimum Gasteiger partial charge on any atom is -0.346 e. The molecule has 1 fully saturated rings. The van der Waals surface area contributed by atoms with Crippen molar-refractivity contribution in [3.8, 4) is 0 Å². The zero-order chi connectivity index (χ0) is 13.6. The van der Waals surface area contributed by atoms with E-state index in [-0.39, 0.29) is 17.7 Å². The Bertz CT molecular complexity index is 331. The number of rotatable bonds is 6. The first-order chi connectivity index (χ1) is 8.38. The van der Waals surface area contributed by atoms with Gasteiger partial charge in [-0.05, 0) is 25.3 Å². The van der Waals surface area contributed by atoms with Crippen molar-refractivity contribution in [2.45, 2.75) is 63.8 Å². The summed E-state index contributed by atoms with van der Waals surface area (Å²) in [6.45, 7) is 7.00. The maximum Gasteiger partial charge on any atom is 0.220 e. The van der Waals surface area contributed by atoms with Crippen LogP contribution in [0.5, 0.6) is 0 Å². The second-order valence-corrected chi connectivity index (χ2v) is 11.8. The molecule has 0 spiro atoms. The molecule has 1 atom stereocenters. The number of carbonyl (C=O) groups is 2. The van der Waals surface area contributed by atoms with Crippen LogP contribution in [0.1, 0.15) is 32.1 Å². The minimum absolute atomic E-state index is 0.0221. The number of nitrogens with one attached hydrogen (secondary N) is 1. The van der Waals surface area contributed by atoms with Crippen molar-refractivity contribution in [2.24, 2.45) is 0 Å². The van der Waals surface area contributed by atoms with Crippen LogP contribution in [-0.4, -0.2) is 25.8 Å². The summed E-state index contributed by atoms with van der Waals surface area (Å²) in [6, 6.07) is 0.943. The summed E-state index contributed by atoms with van der Waals surface area (Å²) in [7, 11) is -1.00. The Hall–Kier alpha value is -0.903. The number of hydrogen-bond acceptors (Lipinski definition) is 2. The van der Waals surface area contributed by atoms with Crippen LogP contribution in [0.25, 0.3) is 0 Å². The van der Waals surface area contributed by atoms with Crippen LogP contribution in [0, 0.1) is 0 Å². The van der Waals surface area contributed by atoms with Gasteiger partial charge in [-0.3, -0.25) is 9.59 Å². The van der Waals surface area contributed by atoms with Crippen LogP contribution in [0.2, 0.25) is 25.7 Å². The summed E-state index contributed by atoms with van der Waals surface area (Å²) in [4.78, 5) is 23.1. The van der Waals surface area contributed by atoms with Crippen molar-refractivity contribution in [1.29, 1.82) is 0 Å². The van der Waals surface area contributed by atoms with Gasteiger partial charge in [0, 0.05) is 20.9 Å². The molecule has 1 saturated heterocycles. The Morgan fingerprint density at radius 3 is 2.72 bits per heavy atom. The molecule has 0 aromatic carbocycles. The van der Waals surface area contributed by atoms with Gasteiger partial charge in [0.25, 0.3) is 0 Å². The second kappa shape index (κ2) is 6.88. The normalized spacial score (nSPS) is 21.1. The Labute approximate surface area is 111 Å². The van der Waals surface area contributed by atoms with E-state index in [2.05, 4.69) is 37.1 Å². The van der Waals surface area contributed by atoms with Crippen LogP contribution >= 0.6 is 0 Å². The van der Waals surface area contributed by atoms with Crippen molar-refractivity contribution < 1.29 is 9.59 Å². The van der Waals surface area contributed by atoms with Crippen molar-refractivity contribution in [3.05, 3.63) is 12.2 Å². The topological polar surface area (TPSA) is 46.2 Å². The fraction of sp³-hybridized carbons (Fsp3) is 0.714. The molecule has 1 aliphatic rings. The van der Waals surface area contributed by atoms with Gasteiger partial charge in [0.1, 0.15) is 0 Å². The molecule has 0 unspecified atom stereocenters. The predicted octanol–water partition coefficient (Wildman–Crippen LogP) is 2.90. The van der Waals surface area contributed by atoms with E-state index in [0.717, 1.165) is 19.3 Å². The fourth-order valence-electron chi connectivity index (χ4n) is 2.00. The van der Waals surface area contributed by atoms with E-state index in [9.17, 15) is 9.59 Å². The zero-order valence-corrected chi connectivity index (χ0v) is 12.8. The summed E-state index contributed by atoms with van der Waals surface area (Å²) in [5.41, 5.74) is 0. The minimum atomic E-state index is -1.00. The summed E-state index contributed by atoms with van der Waals surface area (Å²) >= 11 is 0. The maximum absolute atomic E-state index is 11.9. The predicted molar refractivity (Wildman–Crippen MR) is 77.3 cm³/mol. The molecule has 18 heavy (non-hydrogen) atoms. The van der Waals surface area contributed by atoms with Gasteiger partial charge in [-0.2, -0.15) is 0 Å². The highest BCUT2D eigenvalue weighted by atomic mass is 28.3. The van der Waals surface area contributed by atoms with E-state index >= 15 is 0 Å². The third-order valence-corrected chi connectivity index (χ3v) is 4.54. The molecule has 4 heteroatoms. The van der Waals surface area contributed by atoms with Crippen molar-refractivity contribution in [3.63, 3.8) is 0 Å². The first kappa shape index (κ1) is 15.2. The van der Waals surface area contributed by atoms with E-state index in [1.807, 2.05) is 0 Å². The lowest BCUT2D eigenvalue weighted by Crippen LogP contribution is -2.43. The molecule has 0 aliphatic carbocycles. The van der Waals surface area contributed by atoms with Gasteiger partial charge in [0.05, 0.1) is 6.04 Å². The maximum atomic E-state index is 11.9. The molecule has 0 saturated carbocycles. The van der Waals surface area contributed by atoms with Gasteiger partial charge in [-0.1, -0.05) is 31.8 Å². The average molecular weight is 267 g/mol. The molecule has 0 aromatic rings. The van der Waals surface area contributed by atoms with Crippen LogP contribution in [0.4, 0.5) is 0 Å². The van der Waals surface area contributed by atoms with Crippen molar-refractivity contribution in [2.75, 3.05) is 0 Å². The van der Waals surface area contributed by atoms with Gasteiger partial charge in [0.2, 0.25) is 5.91 Å². The SMILES string of the molecule is C[Si](C)(C)CC=CCCC(=O)[C@@H]1CCCC(=O)N1. The van der Waals surface area contributed by atoms with Crippen LogP contribution in [-0.2, 0) is 9.59 Å². The molecule has 1 aliphatic heterocycles. The highest BCUT2D eigenvalue weighted by Crippen LogP contribution is 2.12. The van der Waals surface area contributed by atoms with Gasteiger partial charge in [-0.25, -0.2) is 0 Å². The molecule has 1 amide bonds. The highest BCUT2D eigenvalue weighted by Gasteiger charge is 2.23. The zero-order valence-electron chi connectivity index (χ0n) is 11.8. The molecular weight excluding hydrogens is 242 g/mol. The number of carbonyl (C=O) groups excluding carboxylic acids is 2. The number of Topliss-reactive ketones (excluding diaryl/α,β-unsaturated/α-hetero) is 1. The third kappa shape index (κ3) is 6.14. The fourth-order valence-corrected chi connectivity index (χ4v) is 2.88. The molecule has 1 heterocycles. The Morgan fingerprint density at radius 1 is 1.39 bits per heavy atom. The van der Waals surface area contributed by atoms with E-state index < -0.39 is 8.07 Å². The summed E-state index contributed by atoms with van der Waals surface area (Å²) in [5, 5.41) is 2.78. The monoisotopic (exact) mass is 267 g/mol. The van der Waals surface area contributed by atoms with E-state index in [0.29, 0.717) is 12.8 Å². The van der Waals surface area contributed by atoms with Crippen LogP contribution in [0.15, 0.2) is 12.2 Å². The molecule has 0 radical (unpaired) electrons. The molecule has 1 N–H and O–H groups in total. The molecule has 0 aromatic heterocycles. The number of ketones is 1. The van der Waals surface area contributed by atoms with Crippen molar-refractivity contribution >= 4 is 19.8 Å². The number of piperidine rings is 1. The van der Waals surface area contributed by atoms with E-state index in [1.165, 1.54) is 6.04 Å². The summed E-state index contributed by atoms with van der Waals surface area (Å²) in [6.07, 6.45) is 7.89. The largest absolute Gasteiger partial charge is 0.346 e. The number of allylic oxidation sites excluding steroid dienone is 2. The van der Waals surface area contributed by atoms with Gasteiger partial charge < -0.3 is 5.32 Å². The molecule has 102 valence electrons. The molecule has 1 rings (SSSR count). The Morgan fingerprint density at radius 2 is 2.11 bits per heavy atom. The van der Waals surface area contributed by atoms with Crippen LogP contribution in [0.3, 0.4) is 0 Å². The average Bonchev–Trinajstić information content (AvgIpc) is 2.26. The van der Waals surface area contributed by atoms with Gasteiger partial charge in [0.15, 0.2) is 5.78 Å². The second-order valence-electron chi connectivity index (χ2n) is 6.25. The highest BCUT2D eigenvalue weighted by molar-refractivity contribution is 6.76. The van der Waals surface area contributed by atoms with E-state index in [4.69, 9.17) is 0 Å².